The van der Waals surface area contributed by atoms with Gasteiger partial charge in [-0.15, -0.1) is 0 Å². The van der Waals surface area contributed by atoms with E-state index >= 15 is 0 Å². The molecule has 1 aliphatic carbocycles. The molecule has 1 fully saturated rings. The van der Waals surface area contributed by atoms with Gasteiger partial charge in [0, 0.05) is 17.8 Å². The largest absolute Gasteiger partial charge is 0.497 e. The highest BCUT2D eigenvalue weighted by Crippen LogP contribution is 2.43. The molecule has 1 aromatic carbocycles. The van der Waals surface area contributed by atoms with Gasteiger partial charge in [-0.1, -0.05) is 12.1 Å². The van der Waals surface area contributed by atoms with Crippen molar-refractivity contribution in [3.8, 4) is 5.75 Å². The van der Waals surface area contributed by atoms with Crippen LogP contribution in [-0.2, 0) is 17.9 Å². The Morgan fingerprint density at radius 2 is 2.16 bits per heavy atom. The third-order valence-corrected chi connectivity index (χ3v) is 5.55. The van der Waals surface area contributed by atoms with Crippen LogP contribution >= 0.6 is 0 Å². The van der Waals surface area contributed by atoms with Crippen molar-refractivity contribution in [2.24, 2.45) is 0 Å². The lowest BCUT2D eigenvalue weighted by Gasteiger charge is -2.05. The summed E-state index contributed by atoms with van der Waals surface area (Å²) in [6.45, 7) is 2.67. The van der Waals surface area contributed by atoms with Crippen LogP contribution in [0.5, 0.6) is 5.75 Å². The highest BCUT2D eigenvalue weighted by molar-refractivity contribution is 5.91. The third kappa shape index (κ3) is 4.01. The van der Waals surface area contributed by atoms with E-state index < -0.39 is 0 Å². The predicted molar refractivity (Wildman–Crippen MR) is 117 cm³/mol. The number of hydrogen-bond acceptors (Lipinski definition) is 5. The Morgan fingerprint density at radius 3 is 2.97 bits per heavy atom. The molecule has 0 bridgehead atoms. The molecule has 1 saturated carbocycles. The lowest BCUT2D eigenvalue weighted by Crippen LogP contribution is -2.19. The van der Waals surface area contributed by atoms with Gasteiger partial charge in [-0.2, -0.15) is 10.2 Å². The lowest BCUT2D eigenvalue weighted by molar-refractivity contribution is -0.116. The monoisotopic (exact) mass is 416 g/mol. The number of nitrogens with one attached hydrogen (secondary N) is 1. The average molecular weight is 416 g/mol. The Bertz CT molecular complexity index is 1250. The smallest absolute Gasteiger partial charge is 0.246 e. The number of methoxy groups -OCH3 is 1. The fourth-order valence-electron chi connectivity index (χ4n) is 3.96. The van der Waals surface area contributed by atoms with E-state index in [0.29, 0.717) is 18.2 Å². The SMILES string of the molecule is COc1cccc(Cn2cc(NC(=O)Cn3nc(C)c4c(C5CC5)ccnc43)cn2)c1. The number of nitrogens with zero attached hydrogens (tertiary/aromatic N) is 5. The van der Waals surface area contributed by atoms with Crippen molar-refractivity contribution in [1.29, 1.82) is 0 Å². The minimum absolute atomic E-state index is 0.104. The summed E-state index contributed by atoms with van der Waals surface area (Å²) in [6.07, 6.45) is 7.70. The second kappa shape index (κ2) is 7.86. The van der Waals surface area contributed by atoms with Gasteiger partial charge in [-0.3, -0.25) is 9.48 Å². The molecule has 3 aromatic heterocycles. The maximum atomic E-state index is 12.7. The molecule has 3 heterocycles. The molecule has 0 spiro atoms. The van der Waals surface area contributed by atoms with Crippen molar-refractivity contribution in [1.82, 2.24) is 24.5 Å². The molecule has 4 aromatic rings. The Labute approximate surface area is 179 Å². The molecular formula is C23H24N6O2. The molecule has 8 heteroatoms. The van der Waals surface area contributed by atoms with E-state index in [4.69, 9.17) is 4.74 Å². The Hall–Kier alpha value is -3.68. The highest BCUT2D eigenvalue weighted by atomic mass is 16.5. The first-order chi connectivity index (χ1) is 15.1. The summed E-state index contributed by atoms with van der Waals surface area (Å²) in [6, 6.07) is 9.90. The number of carbonyl (C=O) groups is 1. The van der Waals surface area contributed by atoms with Crippen LogP contribution in [0.4, 0.5) is 5.69 Å². The molecule has 8 nitrogen and oxygen atoms in total. The molecule has 0 unspecified atom stereocenters. The number of aromatic nitrogens is 5. The van der Waals surface area contributed by atoms with E-state index in [-0.39, 0.29) is 12.5 Å². The van der Waals surface area contributed by atoms with Gasteiger partial charge < -0.3 is 10.1 Å². The molecule has 31 heavy (non-hydrogen) atoms. The van der Waals surface area contributed by atoms with Crippen LogP contribution in [0.3, 0.4) is 0 Å². The summed E-state index contributed by atoms with van der Waals surface area (Å²) in [5.41, 5.74) is 4.70. The first-order valence-electron chi connectivity index (χ1n) is 10.4. The Kier molecular flexibility index (Phi) is 4.89. The molecule has 1 aliphatic rings. The molecular weight excluding hydrogens is 392 g/mol. The zero-order valence-electron chi connectivity index (χ0n) is 17.6. The lowest BCUT2D eigenvalue weighted by atomic mass is 10.1. The molecule has 1 N–H and O–H groups in total. The van der Waals surface area contributed by atoms with Gasteiger partial charge in [-0.25, -0.2) is 9.67 Å². The summed E-state index contributed by atoms with van der Waals surface area (Å²) in [5, 5.41) is 12.9. The van der Waals surface area contributed by atoms with Gasteiger partial charge in [0.1, 0.15) is 12.3 Å². The fourth-order valence-corrected chi connectivity index (χ4v) is 3.96. The van der Waals surface area contributed by atoms with Crippen molar-refractivity contribution in [2.75, 3.05) is 12.4 Å². The van der Waals surface area contributed by atoms with Gasteiger partial charge in [0.2, 0.25) is 5.91 Å². The van der Waals surface area contributed by atoms with E-state index in [1.165, 1.54) is 18.4 Å². The second-order valence-corrected chi connectivity index (χ2v) is 7.94. The van der Waals surface area contributed by atoms with Gasteiger partial charge in [0.15, 0.2) is 5.65 Å². The first-order valence-corrected chi connectivity index (χ1v) is 10.4. The zero-order chi connectivity index (χ0) is 21.4. The van der Waals surface area contributed by atoms with Crippen LogP contribution < -0.4 is 10.1 Å². The summed E-state index contributed by atoms with van der Waals surface area (Å²) in [7, 11) is 1.65. The maximum absolute atomic E-state index is 12.7. The maximum Gasteiger partial charge on any atom is 0.246 e. The number of ether oxygens (including phenoxy) is 1. The van der Waals surface area contributed by atoms with Crippen molar-refractivity contribution < 1.29 is 9.53 Å². The van der Waals surface area contributed by atoms with Crippen molar-refractivity contribution in [3.05, 3.63) is 65.7 Å². The van der Waals surface area contributed by atoms with E-state index in [0.717, 1.165) is 28.0 Å². The van der Waals surface area contributed by atoms with Gasteiger partial charge in [0.05, 0.1) is 31.2 Å². The molecule has 5 rings (SSSR count). The summed E-state index contributed by atoms with van der Waals surface area (Å²) in [5.74, 6) is 1.24. The molecule has 0 saturated heterocycles. The number of pyridine rings is 1. The molecule has 1 amide bonds. The number of anilines is 1. The van der Waals surface area contributed by atoms with Crippen molar-refractivity contribution in [3.63, 3.8) is 0 Å². The third-order valence-electron chi connectivity index (χ3n) is 5.55. The molecule has 0 aliphatic heterocycles. The van der Waals surface area contributed by atoms with Crippen molar-refractivity contribution >= 4 is 22.6 Å². The van der Waals surface area contributed by atoms with E-state index in [2.05, 4.69) is 26.6 Å². The van der Waals surface area contributed by atoms with Crippen LogP contribution in [0.2, 0.25) is 0 Å². The summed E-state index contributed by atoms with van der Waals surface area (Å²) < 4.78 is 8.73. The predicted octanol–water partition coefficient (Wildman–Crippen LogP) is 3.51. The number of carbonyl (C=O) groups excluding carboxylic acids is 1. The van der Waals surface area contributed by atoms with Crippen LogP contribution in [-0.4, -0.2) is 37.6 Å². The highest BCUT2D eigenvalue weighted by Gasteiger charge is 2.27. The summed E-state index contributed by atoms with van der Waals surface area (Å²) >= 11 is 0. The Morgan fingerprint density at radius 1 is 1.29 bits per heavy atom. The average Bonchev–Trinajstić information content (AvgIpc) is 3.46. The van der Waals surface area contributed by atoms with E-state index in [1.807, 2.05) is 43.6 Å². The van der Waals surface area contributed by atoms with Crippen LogP contribution in [0, 0.1) is 6.92 Å². The van der Waals surface area contributed by atoms with E-state index in [1.54, 1.807) is 22.7 Å². The Balaban J connectivity index is 1.28. The molecule has 0 atom stereocenters. The normalized spacial score (nSPS) is 13.5. The fraction of sp³-hybridized carbons (Fsp3) is 0.304. The number of amides is 1. The number of hydrogen-bond donors (Lipinski definition) is 1. The number of benzene rings is 1. The first kappa shape index (κ1) is 19.3. The van der Waals surface area contributed by atoms with Crippen LogP contribution in [0.15, 0.2) is 48.9 Å². The minimum Gasteiger partial charge on any atom is -0.497 e. The standard InChI is InChI=1S/C23H24N6O2/c1-15-22-20(17-6-7-17)8-9-24-23(22)29(27-15)14-21(30)26-18-11-25-28(13-18)12-16-4-3-5-19(10-16)31-2/h3-5,8-11,13,17H,6-7,12,14H2,1-2H3,(H,26,30). The summed E-state index contributed by atoms with van der Waals surface area (Å²) in [4.78, 5) is 17.2. The topological polar surface area (TPSA) is 86.9 Å². The van der Waals surface area contributed by atoms with Gasteiger partial charge >= 0.3 is 0 Å². The zero-order valence-corrected chi connectivity index (χ0v) is 17.6. The van der Waals surface area contributed by atoms with Crippen molar-refractivity contribution in [2.45, 2.75) is 38.8 Å². The molecule has 0 radical (unpaired) electrons. The molecule has 158 valence electrons. The van der Waals surface area contributed by atoms with Gasteiger partial charge in [0.25, 0.3) is 0 Å². The second-order valence-electron chi connectivity index (χ2n) is 7.94. The minimum atomic E-state index is -0.163. The van der Waals surface area contributed by atoms with Gasteiger partial charge in [-0.05, 0) is 55.0 Å². The van der Waals surface area contributed by atoms with Crippen LogP contribution in [0.1, 0.15) is 35.6 Å². The number of fused-ring (bicyclic) bond motifs is 1. The number of aryl methyl sites for hydroxylation is 1. The van der Waals surface area contributed by atoms with E-state index in [9.17, 15) is 4.79 Å². The number of rotatable bonds is 7. The quantitative estimate of drug-likeness (QED) is 0.498. The van der Waals surface area contributed by atoms with Crippen LogP contribution in [0.25, 0.3) is 11.0 Å².